The van der Waals surface area contributed by atoms with E-state index in [-0.39, 0.29) is 47.0 Å². The Hall–Kier alpha value is 0.000260. The van der Waals surface area contributed by atoms with E-state index >= 15 is 0 Å². The topological polar surface area (TPSA) is 74.6 Å². The minimum atomic E-state index is -0.560. The minimum Gasteiger partial charge on any atom is -0.394 e. The molecule has 0 aromatic rings. The Labute approximate surface area is 93.8 Å². The normalized spacial score (nSPS) is 10.2. The Balaban J connectivity index is -0.000000150. The molecule has 0 heterocycles. The number of carbonyl (C=O) groups is 2. The van der Waals surface area contributed by atoms with Crippen LogP contribution in [-0.2, 0) is 32.0 Å². The summed E-state index contributed by atoms with van der Waals surface area (Å²) >= 11 is 0. The fourth-order valence-corrected chi connectivity index (χ4v) is 0.351. The van der Waals surface area contributed by atoms with Gasteiger partial charge in [-0.2, -0.15) is 0 Å². The molecule has 0 aliphatic heterocycles. The van der Waals surface area contributed by atoms with Gasteiger partial charge < -0.3 is 10.2 Å². The zero-order valence-corrected chi connectivity index (χ0v) is 9.49. The predicted molar refractivity (Wildman–Crippen MR) is 44.7 cm³/mol. The summed E-state index contributed by atoms with van der Waals surface area (Å²) in [6.45, 7) is 4.20. The monoisotopic (exact) mass is 283 g/mol. The van der Waals surface area contributed by atoms with E-state index in [1.165, 1.54) is 20.8 Å². The zero-order valence-electron chi connectivity index (χ0n) is 8.00. The Kier molecular flexibility index (Phi) is 17.3. The standard InChI is InChI=1S/C5H8O2.C3H8O2.Ag/c1-4(6)3-5(2)7;1-3(5)2-4;/h3H2,1-2H3;3-5H,2H2,1H3;. The summed E-state index contributed by atoms with van der Waals surface area (Å²) in [7, 11) is 0. The Morgan fingerprint density at radius 2 is 1.46 bits per heavy atom. The summed E-state index contributed by atoms with van der Waals surface area (Å²) in [6.07, 6.45) is -0.477. The molecule has 0 fully saturated rings. The van der Waals surface area contributed by atoms with Gasteiger partial charge >= 0.3 is 0 Å². The first-order valence-corrected chi connectivity index (χ1v) is 3.68. The van der Waals surface area contributed by atoms with Gasteiger partial charge in [-0.25, -0.2) is 0 Å². The number of carbonyl (C=O) groups excluding carboxylic acids is 2. The van der Waals surface area contributed by atoms with Crippen LogP contribution in [-0.4, -0.2) is 34.5 Å². The van der Waals surface area contributed by atoms with Gasteiger partial charge in [0.1, 0.15) is 11.6 Å². The van der Waals surface area contributed by atoms with E-state index in [0.29, 0.717) is 0 Å². The predicted octanol–water partition coefficient (Wildman–Crippen LogP) is -0.0885. The molecular formula is C8H16AgO4. The van der Waals surface area contributed by atoms with Gasteiger partial charge in [-0.15, -0.1) is 0 Å². The molecule has 0 aliphatic rings. The number of aliphatic hydroxyl groups is 2. The van der Waals surface area contributed by atoms with Gasteiger partial charge in [0, 0.05) is 22.4 Å². The molecule has 0 saturated heterocycles. The molecule has 1 atom stereocenters. The fraction of sp³-hybridized carbons (Fsp3) is 0.750. The molecule has 0 amide bonds. The molecular weight excluding hydrogens is 268 g/mol. The van der Waals surface area contributed by atoms with Crippen molar-refractivity contribution in [2.24, 2.45) is 0 Å². The van der Waals surface area contributed by atoms with Crippen molar-refractivity contribution in [1.29, 1.82) is 0 Å². The van der Waals surface area contributed by atoms with Gasteiger partial charge in [0.25, 0.3) is 0 Å². The molecule has 4 nitrogen and oxygen atoms in total. The third-order valence-corrected chi connectivity index (χ3v) is 0.762. The van der Waals surface area contributed by atoms with Crippen LogP contribution in [0.1, 0.15) is 27.2 Å². The van der Waals surface area contributed by atoms with Crippen molar-refractivity contribution < 1.29 is 42.2 Å². The van der Waals surface area contributed by atoms with E-state index in [0.717, 1.165) is 0 Å². The quantitative estimate of drug-likeness (QED) is 0.561. The van der Waals surface area contributed by atoms with Gasteiger partial charge in [-0.3, -0.25) is 9.59 Å². The molecule has 0 spiro atoms. The van der Waals surface area contributed by atoms with Crippen LogP contribution in [0.5, 0.6) is 0 Å². The number of Topliss-reactive ketones (excluding diaryl/α,β-unsaturated/α-hetero) is 2. The molecule has 0 bridgehead atoms. The molecule has 0 aliphatic carbocycles. The SMILES string of the molecule is CC(=O)CC(C)=O.CC(O)CO.[Ag]. The van der Waals surface area contributed by atoms with Crippen LogP contribution in [0.25, 0.3) is 0 Å². The summed E-state index contributed by atoms with van der Waals surface area (Å²) in [5.41, 5.74) is 0. The number of aliphatic hydroxyl groups excluding tert-OH is 2. The van der Waals surface area contributed by atoms with Crippen molar-refractivity contribution in [3.05, 3.63) is 0 Å². The van der Waals surface area contributed by atoms with Gasteiger partial charge in [-0.1, -0.05) is 0 Å². The summed E-state index contributed by atoms with van der Waals surface area (Å²) < 4.78 is 0. The van der Waals surface area contributed by atoms with Crippen LogP contribution >= 0.6 is 0 Å². The summed E-state index contributed by atoms with van der Waals surface area (Å²) in [5.74, 6) is -0.125. The van der Waals surface area contributed by atoms with Gasteiger partial charge in [-0.05, 0) is 20.8 Å². The van der Waals surface area contributed by atoms with Gasteiger partial charge in [0.15, 0.2) is 0 Å². The number of hydrogen-bond acceptors (Lipinski definition) is 4. The molecule has 0 aromatic heterocycles. The first-order chi connectivity index (χ1) is 5.40. The third kappa shape index (κ3) is 33.3. The van der Waals surface area contributed by atoms with Crippen molar-refractivity contribution in [2.75, 3.05) is 6.61 Å². The van der Waals surface area contributed by atoms with E-state index < -0.39 is 6.10 Å². The average Bonchev–Trinajstić information content (AvgIpc) is 1.85. The zero-order chi connectivity index (χ0) is 10.1. The van der Waals surface area contributed by atoms with Crippen LogP contribution in [0, 0.1) is 0 Å². The minimum absolute atomic E-state index is 0. The maximum absolute atomic E-state index is 10.0. The van der Waals surface area contributed by atoms with Crippen molar-refractivity contribution >= 4 is 11.6 Å². The second-order valence-corrected chi connectivity index (χ2v) is 2.61. The third-order valence-electron chi connectivity index (χ3n) is 0.762. The van der Waals surface area contributed by atoms with E-state index in [4.69, 9.17) is 10.2 Å². The molecule has 1 radical (unpaired) electrons. The van der Waals surface area contributed by atoms with E-state index in [1.54, 1.807) is 0 Å². The second kappa shape index (κ2) is 12.0. The summed E-state index contributed by atoms with van der Waals surface area (Å²) in [5, 5.41) is 16.0. The molecule has 0 rings (SSSR count). The van der Waals surface area contributed by atoms with Crippen molar-refractivity contribution in [3.63, 3.8) is 0 Å². The first kappa shape index (κ1) is 18.7. The van der Waals surface area contributed by atoms with Gasteiger partial charge in [0.2, 0.25) is 0 Å². The first-order valence-electron chi connectivity index (χ1n) is 3.68. The Morgan fingerprint density at radius 3 is 1.46 bits per heavy atom. The Bertz CT molecular complexity index is 133. The number of ketones is 2. The molecule has 5 heteroatoms. The molecule has 1 unspecified atom stereocenters. The van der Waals surface area contributed by atoms with E-state index in [9.17, 15) is 9.59 Å². The smallest absolute Gasteiger partial charge is 0.137 e. The van der Waals surface area contributed by atoms with Crippen LogP contribution in [0.15, 0.2) is 0 Å². The van der Waals surface area contributed by atoms with Crippen molar-refractivity contribution in [1.82, 2.24) is 0 Å². The van der Waals surface area contributed by atoms with Gasteiger partial charge in [0.05, 0.1) is 19.1 Å². The van der Waals surface area contributed by atoms with Crippen LogP contribution in [0.4, 0.5) is 0 Å². The Morgan fingerprint density at radius 1 is 1.23 bits per heavy atom. The van der Waals surface area contributed by atoms with E-state index in [2.05, 4.69) is 0 Å². The van der Waals surface area contributed by atoms with Crippen LogP contribution in [0.2, 0.25) is 0 Å². The average molecular weight is 284 g/mol. The van der Waals surface area contributed by atoms with Crippen molar-refractivity contribution in [3.8, 4) is 0 Å². The largest absolute Gasteiger partial charge is 0.394 e. The second-order valence-electron chi connectivity index (χ2n) is 2.61. The molecule has 2 N–H and O–H groups in total. The molecule has 83 valence electrons. The summed E-state index contributed by atoms with van der Waals surface area (Å²) in [4.78, 5) is 20.1. The van der Waals surface area contributed by atoms with Crippen molar-refractivity contribution in [2.45, 2.75) is 33.3 Å². The fourth-order valence-electron chi connectivity index (χ4n) is 0.351. The van der Waals surface area contributed by atoms with Crippen LogP contribution < -0.4 is 0 Å². The summed E-state index contributed by atoms with van der Waals surface area (Å²) in [6, 6.07) is 0. The maximum atomic E-state index is 10.0. The number of rotatable bonds is 3. The molecule has 13 heavy (non-hydrogen) atoms. The number of hydrogen-bond donors (Lipinski definition) is 2. The van der Waals surface area contributed by atoms with E-state index in [1.807, 2.05) is 0 Å². The molecule has 0 aromatic carbocycles. The maximum Gasteiger partial charge on any atom is 0.137 e. The van der Waals surface area contributed by atoms with Crippen LogP contribution in [0.3, 0.4) is 0 Å². The molecule has 0 saturated carbocycles.